The largest absolute Gasteiger partial charge is 0.478 e. The summed E-state index contributed by atoms with van der Waals surface area (Å²) in [7, 11) is 0. The fourth-order valence-electron chi connectivity index (χ4n) is 3.52. The van der Waals surface area contributed by atoms with Gasteiger partial charge in [0.25, 0.3) is 0 Å². The number of Topliss-reactive ketones (excluding diaryl/α,β-unsaturated/α-hetero) is 1. The summed E-state index contributed by atoms with van der Waals surface area (Å²) < 4.78 is 44.9. The van der Waals surface area contributed by atoms with Gasteiger partial charge in [-0.1, -0.05) is 29.8 Å². The summed E-state index contributed by atoms with van der Waals surface area (Å²) in [6, 6.07) is 14.9. The second-order valence-electron chi connectivity index (χ2n) is 7.93. The van der Waals surface area contributed by atoms with E-state index in [2.05, 4.69) is 9.97 Å². The van der Waals surface area contributed by atoms with Crippen molar-refractivity contribution in [3.8, 4) is 22.9 Å². The third-order valence-corrected chi connectivity index (χ3v) is 5.56. The van der Waals surface area contributed by atoms with Crippen LogP contribution in [0, 0.1) is 0 Å². The van der Waals surface area contributed by atoms with E-state index in [0.717, 1.165) is 12.1 Å². The molecule has 0 fully saturated rings. The number of ketones is 1. The number of aromatic nitrogens is 2. The van der Waals surface area contributed by atoms with E-state index in [1.54, 1.807) is 36.4 Å². The lowest BCUT2D eigenvalue weighted by Gasteiger charge is -2.11. The zero-order chi connectivity index (χ0) is 25.9. The number of H-pyrrole nitrogens is 1. The van der Waals surface area contributed by atoms with Gasteiger partial charge in [0.1, 0.15) is 17.3 Å². The highest BCUT2D eigenvalue weighted by atomic mass is 35.5. The Morgan fingerprint density at radius 2 is 1.64 bits per heavy atom. The molecule has 2 heterocycles. The summed E-state index contributed by atoms with van der Waals surface area (Å²) in [6.45, 7) is 0. The molecular weight excluding hydrogens is 497 g/mol. The minimum atomic E-state index is -4.59. The second-order valence-corrected chi connectivity index (χ2v) is 8.34. The van der Waals surface area contributed by atoms with Crippen LogP contribution in [0.1, 0.15) is 27.0 Å². The van der Waals surface area contributed by atoms with Crippen molar-refractivity contribution in [2.75, 3.05) is 0 Å². The lowest BCUT2D eigenvalue weighted by Crippen LogP contribution is -2.10. The highest BCUT2D eigenvalue weighted by Crippen LogP contribution is 2.35. The molecule has 0 spiro atoms. The van der Waals surface area contributed by atoms with Crippen LogP contribution in [0.5, 0.6) is 11.5 Å². The number of alkyl halides is 3. The van der Waals surface area contributed by atoms with Crippen molar-refractivity contribution in [1.29, 1.82) is 0 Å². The quantitative estimate of drug-likeness (QED) is 0.276. The normalized spacial score (nSPS) is 11.3. The summed E-state index contributed by atoms with van der Waals surface area (Å²) in [6.07, 6.45) is -1.80. The van der Waals surface area contributed by atoms with Gasteiger partial charge in [0, 0.05) is 31.3 Å². The Labute approximate surface area is 208 Å². The molecule has 0 radical (unpaired) electrons. The molecule has 4 aromatic rings. The van der Waals surface area contributed by atoms with Crippen LogP contribution in [0.2, 0.25) is 5.02 Å². The third-order valence-electron chi connectivity index (χ3n) is 5.24. The summed E-state index contributed by atoms with van der Waals surface area (Å²) in [5.41, 5.74) is 1.09. The molecule has 2 aromatic carbocycles. The van der Waals surface area contributed by atoms with E-state index < -0.39 is 22.7 Å². The van der Waals surface area contributed by atoms with Crippen molar-refractivity contribution in [2.45, 2.75) is 19.0 Å². The molecule has 0 saturated heterocycles. The number of rotatable bonds is 8. The van der Waals surface area contributed by atoms with E-state index in [-0.39, 0.29) is 29.8 Å². The second kappa shape index (κ2) is 10.2. The number of aromatic carboxylic acids is 1. The number of carbonyl (C=O) groups excluding carboxylic acids is 1. The number of carbonyl (C=O) groups is 2. The standard InChI is InChI=1S/C26H18ClF3N2O4/c27-22-6-3-16(11-21(22)26(28,29)30)10-18(33)9-15-1-4-19(5-2-15)36-20-7-8-31-24(13-20)23-12-17(14-32-23)25(34)35/h1-8,11-14,32H,9-10H2,(H,34,35). The van der Waals surface area contributed by atoms with Gasteiger partial charge in [0.2, 0.25) is 0 Å². The number of aromatic amines is 1. The summed E-state index contributed by atoms with van der Waals surface area (Å²) in [5.74, 6) is -0.334. The first-order valence-electron chi connectivity index (χ1n) is 10.6. The number of benzene rings is 2. The summed E-state index contributed by atoms with van der Waals surface area (Å²) >= 11 is 5.63. The highest BCUT2D eigenvalue weighted by Gasteiger charge is 2.33. The first kappa shape index (κ1) is 25.0. The van der Waals surface area contributed by atoms with Gasteiger partial charge in [-0.3, -0.25) is 9.78 Å². The average Bonchev–Trinajstić information content (AvgIpc) is 3.32. The lowest BCUT2D eigenvalue weighted by atomic mass is 10.0. The van der Waals surface area contributed by atoms with Crippen LogP contribution in [0.25, 0.3) is 11.4 Å². The van der Waals surface area contributed by atoms with Gasteiger partial charge in [0.05, 0.1) is 27.5 Å². The van der Waals surface area contributed by atoms with Gasteiger partial charge in [-0.2, -0.15) is 13.2 Å². The van der Waals surface area contributed by atoms with Crippen molar-refractivity contribution in [3.05, 3.63) is 100 Å². The minimum Gasteiger partial charge on any atom is -0.478 e. The minimum absolute atomic E-state index is 0.0440. The number of pyridine rings is 1. The summed E-state index contributed by atoms with van der Waals surface area (Å²) in [4.78, 5) is 30.6. The Morgan fingerprint density at radius 1 is 0.944 bits per heavy atom. The molecule has 6 nitrogen and oxygen atoms in total. The van der Waals surface area contributed by atoms with Crippen LogP contribution < -0.4 is 4.74 Å². The number of hydrogen-bond donors (Lipinski definition) is 2. The molecule has 10 heteroatoms. The maximum absolute atomic E-state index is 13.0. The van der Waals surface area contributed by atoms with Gasteiger partial charge in [0.15, 0.2) is 0 Å². The van der Waals surface area contributed by atoms with E-state index in [1.165, 1.54) is 24.5 Å². The van der Waals surface area contributed by atoms with Crippen LogP contribution in [0.4, 0.5) is 13.2 Å². The SMILES string of the molecule is O=C(Cc1ccc(Oc2ccnc(-c3cc(C(=O)O)c[nH]3)c2)cc1)Cc1ccc(Cl)c(C(F)(F)F)c1. The predicted molar refractivity (Wildman–Crippen MR) is 126 cm³/mol. The fraction of sp³-hybridized carbons (Fsp3) is 0.115. The monoisotopic (exact) mass is 514 g/mol. The molecule has 0 amide bonds. The Balaban J connectivity index is 1.39. The zero-order valence-corrected chi connectivity index (χ0v) is 19.2. The lowest BCUT2D eigenvalue weighted by molar-refractivity contribution is -0.137. The number of ether oxygens (including phenoxy) is 1. The Bertz CT molecular complexity index is 1420. The van der Waals surface area contributed by atoms with Gasteiger partial charge in [-0.15, -0.1) is 0 Å². The molecule has 0 saturated carbocycles. The fourth-order valence-corrected chi connectivity index (χ4v) is 3.74. The number of hydrogen-bond acceptors (Lipinski definition) is 4. The average molecular weight is 515 g/mol. The molecule has 0 atom stereocenters. The van der Waals surface area contributed by atoms with Crippen molar-refractivity contribution < 1.29 is 32.6 Å². The maximum atomic E-state index is 13.0. The van der Waals surface area contributed by atoms with Crippen molar-refractivity contribution in [1.82, 2.24) is 9.97 Å². The summed E-state index contributed by atoms with van der Waals surface area (Å²) in [5, 5.41) is 8.65. The van der Waals surface area contributed by atoms with E-state index in [9.17, 15) is 22.8 Å². The first-order valence-corrected chi connectivity index (χ1v) is 11.0. The van der Waals surface area contributed by atoms with Gasteiger partial charge >= 0.3 is 12.1 Å². The molecule has 0 unspecified atom stereocenters. The van der Waals surface area contributed by atoms with E-state index >= 15 is 0 Å². The molecule has 0 aliphatic heterocycles. The maximum Gasteiger partial charge on any atom is 0.417 e. The van der Waals surface area contributed by atoms with Gasteiger partial charge in [-0.05, 0) is 47.5 Å². The number of nitrogens with zero attached hydrogens (tertiary/aromatic N) is 1. The zero-order valence-electron chi connectivity index (χ0n) is 18.5. The predicted octanol–water partition coefficient (Wildman–Crippen LogP) is 6.59. The number of nitrogens with one attached hydrogen (secondary N) is 1. The first-order chi connectivity index (χ1) is 17.1. The topological polar surface area (TPSA) is 92.3 Å². The third kappa shape index (κ3) is 6.11. The number of carboxylic acids is 1. The number of halogens is 4. The van der Waals surface area contributed by atoms with E-state index in [0.29, 0.717) is 28.5 Å². The molecule has 0 bridgehead atoms. The smallest absolute Gasteiger partial charge is 0.417 e. The molecule has 2 aromatic heterocycles. The molecular formula is C26H18ClF3N2O4. The molecule has 0 aliphatic carbocycles. The molecule has 36 heavy (non-hydrogen) atoms. The Kier molecular flexibility index (Phi) is 7.12. The molecule has 184 valence electrons. The molecule has 2 N–H and O–H groups in total. The highest BCUT2D eigenvalue weighted by molar-refractivity contribution is 6.31. The van der Waals surface area contributed by atoms with Crippen LogP contribution >= 0.6 is 11.6 Å². The van der Waals surface area contributed by atoms with Crippen molar-refractivity contribution in [2.24, 2.45) is 0 Å². The number of carboxylic acid groups (broad SMARTS) is 1. The van der Waals surface area contributed by atoms with Gasteiger partial charge in [-0.25, -0.2) is 4.79 Å². The van der Waals surface area contributed by atoms with Crippen LogP contribution in [0.15, 0.2) is 73.1 Å². The molecule has 0 aliphatic rings. The Hall–Kier alpha value is -4.11. The van der Waals surface area contributed by atoms with Crippen LogP contribution in [0.3, 0.4) is 0 Å². The van der Waals surface area contributed by atoms with Gasteiger partial charge < -0.3 is 14.8 Å². The van der Waals surface area contributed by atoms with Crippen molar-refractivity contribution >= 4 is 23.4 Å². The van der Waals surface area contributed by atoms with E-state index in [1.807, 2.05) is 0 Å². The Morgan fingerprint density at radius 3 is 2.31 bits per heavy atom. The van der Waals surface area contributed by atoms with E-state index in [4.69, 9.17) is 21.4 Å². The van der Waals surface area contributed by atoms with Crippen molar-refractivity contribution in [3.63, 3.8) is 0 Å². The van der Waals surface area contributed by atoms with Crippen LogP contribution in [-0.2, 0) is 23.8 Å². The molecule has 4 rings (SSSR count). The van der Waals surface area contributed by atoms with Crippen LogP contribution in [-0.4, -0.2) is 26.8 Å².